The molecule has 108 valence electrons. The number of carbonyl (C=O) groups is 1. The molecule has 0 spiro atoms. The lowest BCUT2D eigenvalue weighted by molar-refractivity contribution is 0.102. The summed E-state index contributed by atoms with van der Waals surface area (Å²) in [6.45, 7) is 0.904. The molecule has 21 heavy (non-hydrogen) atoms. The van der Waals surface area contributed by atoms with Gasteiger partial charge >= 0.3 is 0 Å². The molecule has 0 radical (unpaired) electrons. The summed E-state index contributed by atoms with van der Waals surface area (Å²) >= 11 is 5.83. The van der Waals surface area contributed by atoms with Crippen LogP contribution in [0.25, 0.3) is 0 Å². The Balaban J connectivity index is 1.91. The fourth-order valence-electron chi connectivity index (χ4n) is 2.51. The van der Waals surface area contributed by atoms with Crippen molar-refractivity contribution in [2.24, 2.45) is 0 Å². The van der Waals surface area contributed by atoms with Crippen molar-refractivity contribution in [2.45, 2.75) is 12.8 Å². The fraction of sp³-hybridized carbons (Fsp3) is 0.188. The van der Waals surface area contributed by atoms with Crippen LogP contribution in [0.15, 0.2) is 36.4 Å². The lowest BCUT2D eigenvalue weighted by Gasteiger charge is -2.20. The molecule has 0 fully saturated rings. The molecule has 5 heteroatoms. The highest BCUT2D eigenvalue weighted by molar-refractivity contribution is 6.31. The van der Waals surface area contributed by atoms with Crippen LogP contribution in [0.2, 0.25) is 5.02 Å². The van der Waals surface area contributed by atoms with Crippen LogP contribution in [0.5, 0.6) is 0 Å². The van der Waals surface area contributed by atoms with Crippen molar-refractivity contribution < 1.29 is 9.18 Å². The Morgan fingerprint density at radius 1 is 1.29 bits per heavy atom. The van der Waals surface area contributed by atoms with Crippen molar-refractivity contribution in [2.75, 3.05) is 17.2 Å². The zero-order valence-electron chi connectivity index (χ0n) is 11.2. The summed E-state index contributed by atoms with van der Waals surface area (Å²) in [6.07, 6.45) is 1.81. The average Bonchev–Trinajstić information content (AvgIpc) is 2.50. The van der Waals surface area contributed by atoms with Crippen molar-refractivity contribution >= 4 is 28.9 Å². The SMILES string of the molecule is O=C(Nc1cc(Cl)ccc1F)c1cccc2c1CCCN2. The summed E-state index contributed by atoms with van der Waals surface area (Å²) in [5, 5.41) is 6.24. The molecule has 3 nitrogen and oxygen atoms in total. The number of hydrogen-bond acceptors (Lipinski definition) is 2. The molecule has 1 aliphatic rings. The van der Waals surface area contributed by atoms with E-state index < -0.39 is 5.82 Å². The Labute approximate surface area is 127 Å². The molecule has 0 bridgehead atoms. The highest BCUT2D eigenvalue weighted by Gasteiger charge is 2.18. The van der Waals surface area contributed by atoms with Crippen LogP contribution in [-0.4, -0.2) is 12.5 Å². The molecule has 0 atom stereocenters. The van der Waals surface area contributed by atoms with Crippen molar-refractivity contribution in [1.82, 2.24) is 0 Å². The maximum absolute atomic E-state index is 13.7. The molecule has 0 unspecified atom stereocenters. The largest absolute Gasteiger partial charge is 0.385 e. The number of rotatable bonds is 2. The Kier molecular flexibility index (Phi) is 3.80. The van der Waals surface area contributed by atoms with Crippen molar-refractivity contribution in [3.05, 3.63) is 58.4 Å². The van der Waals surface area contributed by atoms with Gasteiger partial charge in [0.2, 0.25) is 0 Å². The highest BCUT2D eigenvalue weighted by Crippen LogP contribution is 2.27. The predicted molar refractivity (Wildman–Crippen MR) is 82.6 cm³/mol. The smallest absolute Gasteiger partial charge is 0.256 e. The maximum Gasteiger partial charge on any atom is 0.256 e. The minimum absolute atomic E-state index is 0.0915. The second-order valence-corrected chi connectivity index (χ2v) is 5.38. The summed E-state index contributed by atoms with van der Waals surface area (Å²) in [5.74, 6) is -0.826. The number of nitrogens with one attached hydrogen (secondary N) is 2. The first kappa shape index (κ1) is 13.9. The van der Waals surface area contributed by atoms with E-state index in [0.717, 1.165) is 30.6 Å². The lowest BCUT2D eigenvalue weighted by Crippen LogP contribution is -2.19. The Morgan fingerprint density at radius 3 is 3.00 bits per heavy atom. The standard InChI is InChI=1S/C16H14ClFN2O/c17-10-6-7-13(18)15(9-10)20-16(21)12-3-1-5-14-11(12)4-2-8-19-14/h1,3,5-7,9,19H,2,4,8H2,(H,20,21). The quantitative estimate of drug-likeness (QED) is 0.877. The summed E-state index contributed by atoms with van der Waals surface area (Å²) in [4.78, 5) is 12.4. The van der Waals surface area contributed by atoms with Crippen LogP contribution in [0.3, 0.4) is 0 Å². The normalized spacial score (nSPS) is 13.2. The second kappa shape index (κ2) is 5.74. The zero-order valence-corrected chi connectivity index (χ0v) is 12.0. The first-order valence-corrected chi connectivity index (χ1v) is 7.15. The molecule has 3 rings (SSSR count). The molecule has 2 aromatic carbocycles. The van der Waals surface area contributed by atoms with Crippen LogP contribution >= 0.6 is 11.6 Å². The molecule has 0 aromatic heterocycles. The van der Waals surface area contributed by atoms with Crippen LogP contribution in [0, 0.1) is 5.82 Å². The van der Waals surface area contributed by atoms with Gasteiger partial charge in [0.15, 0.2) is 0 Å². The Hall–Kier alpha value is -2.07. The third-order valence-corrected chi connectivity index (χ3v) is 3.75. The van der Waals surface area contributed by atoms with E-state index >= 15 is 0 Å². The Morgan fingerprint density at radius 2 is 2.14 bits per heavy atom. The van der Waals surface area contributed by atoms with Crippen LogP contribution in [0.1, 0.15) is 22.3 Å². The van der Waals surface area contributed by atoms with E-state index in [0.29, 0.717) is 10.6 Å². The number of halogens is 2. The zero-order chi connectivity index (χ0) is 14.8. The monoisotopic (exact) mass is 304 g/mol. The molecule has 0 saturated carbocycles. The van der Waals surface area contributed by atoms with Gasteiger partial charge in [0.05, 0.1) is 5.69 Å². The van der Waals surface area contributed by atoms with Gasteiger partial charge in [-0.25, -0.2) is 4.39 Å². The second-order valence-electron chi connectivity index (χ2n) is 4.94. The number of carbonyl (C=O) groups excluding carboxylic acids is 1. The molecule has 2 N–H and O–H groups in total. The molecular weight excluding hydrogens is 291 g/mol. The van der Waals surface area contributed by atoms with E-state index in [4.69, 9.17) is 11.6 Å². The van der Waals surface area contributed by atoms with E-state index in [1.165, 1.54) is 18.2 Å². The molecule has 1 amide bonds. The lowest BCUT2D eigenvalue weighted by atomic mass is 9.97. The van der Waals surface area contributed by atoms with Gasteiger partial charge in [-0.05, 0) is 48.7 Å². The highest BCUT2D eigenvalue weighted by atomic mass is 35.5. The van der Waals surface area contributed by atoms with Gasteiger partial charge in [-0.15, -0.1) is 0 Å². The van der Waals surface area contributed by atoms with Gasteiger partial charge in [0.25, 0.3) is 5.91 Å². The first-order chi connectivity index (χ1) is 10.1. The van der Waals surface area contributed by atoms with Crippen LogP contribution in [0.4, 0.5) is 15.8 Å². The summed E-state index contributed by atoms with van der Waals surface area (Å²) in [5.41, 5.74) is 2.61. The number of benzene rings is 2. The van der Waals surface area contributed by atoms with Crippen LogP contribution in [-0.2, 0) is 6.42 Å². The number of anilines is 2. The van der Waals surface area contributed by atoms with Gasteiger partial charge in [-0.1, -0.05) is 17.7 Å². The predicted octanol–water partition coefficient (Wildman–Crippen LogP) is 4.09. The van der Waals surface area contributed by atoms with Crippen molar-refractivity contribution in [3.63, 3.8) is 0 Å². The number of hydrogen-bond donors (Lipinski definition) is 2. The summed E-state index contributed by atoms with van der Waals surface area (Å²) in [7, 11) is 0. The molecule has 2 aromatic rings. The number of amides is 1. The number of fused-ring (bicyclic) bond motifs is 1. The van der Waals surface area contributed by atoms with E-state index in [-0.39, 0.29) is 11.6 Å². The minimum Gasteiger partial charge on any atom is -0.385 e. The fourth-order valence-corrected chi connectivity index (χ4v) is 2.68. The molecule has 1 heterocycles. The third kappa shape index (κ3) is 2.85. The van der Waals surface area contributed by atoms with Gasteiger partial charge in [0, 0.05) is 22.8 Å². The van der Waals surface area contributed by atoms with E-state index in [9.17, 15) is 9.18 Å². The molecule has 0 saturated heterocycles. The molecular formula is C16H14ClFN2O. The van der Waals surface area contributed by atoms with Crippen molar-refractivity contribution in [1.29, 1.82) is 0 Å². The minimum atomic E-state index is -0.504. The maximum atomic E-state index is 13.7. The van der Waals surface area contributed by atoms with Gasteiger partial charge in [-0.2, -0.15) is 0 Å². The van der Waals surface area contributed by atoms with Gasteiger partial charge < -0.3 is 10.6 Å². The van der Waals surface area contributed by atoms with Crippen molar-refractivity contribution in [3.8, 4) is 0 Å². The van der Waals surface area contributed by atoms with Gasteiger partial charge in [0.1, 0.15) is 5.82 Å². The molecule has 1 aliphatic heterocycles. The molecule has 0 aliphatic carbocycles. The topological polar surface area (TPSA) is 41.1 Å². The summed E-state index contributed by atoms with van der Waals surface area (Å²) < 4.78 is 13.7. The third-order valence-electron chi connectivity index (χ3n) is 3.52. The van der Waals surface area contributed by atoms with E-state index in [1.807, 2.05) is 12.1 Å². The van der Waals surface area contributed by atoms with E-state index in [1.54, 1.807) is 6.07 Å². The Bertz CT molecular complexity index is 703. The summed E-state index contributed by atoms with van der Waals surface area (Å²) in [6, 6.07) is 9.61. The average molecular weight is 305 g/mol. The van der Waals surface area contributed by atoms with E-state index in [2.05, 4.69) is 10.6 Å². The van der Waals surface area contributed by atoms with Crippen LogP contribution < -0.4 is 10.6 Å². The first-order valence-electron chi connectivity index (χ1n) is 6.77. The van der Waals surface area contributed by atoms with Gasteiger partial charge in [-0.3, -0.25) is 4.79 Å².